The largest absolute Gasteiger partial charge is 0.416 e. The Bertz CT molecular complexity index is 723. The van der Waals surface area contributed by atoms with E-state index in [1.807, 2.05) is 7.05 Å². The molecule has 1 amide bonds. The van der Waals surface area contributed by atoms with Gasteiger partial charge in [-0.1, -0.05) is 18.2 Å². The van der Waals surface area contributed by atoms with Crippen molar-refractivity contribution in [1.82, 2.24) is 14.9 Å². The Kier molecular flexibility index (Phi) is 3.87. The van der Waals surface area contributed by atoms with Gasteiger partial charge in [-0.25, -0.2) is 4.98 Å². The average molecular weight is 323 g/mol. The zero-order valence-corrected chi connectivity index (χ0v) is 12.5. The van der Waals surface area contributed by atoms with Crippen LogP contribution in [0.15, 0.2) is 36.7 Å². The van der Waals surface area contributed by atoms with Gasteiger partial charge in [0.2, 0.25) is 5.91 Å². The molecule has 2 atom stereocenters. The lowest BCUT2D eigenvalue weighted by Gasteiger charge is -2.09. The van der Waals surface area contributed by atoms with Gasteiger partial charge in [0.25, 0.3) is 0 Å². The Balaban J connectivity index is 1.61. The molecule has 1 aliphatic carbocycles. The Morgan fingerprint density at radius 1 is 1.43 bits per heavy atom. The number of hydrogen-bond donors (Lipinski definition) is 1. The van der Waals surface area contributed by atoms with Crippen LogP contribution in [0.5, 0.6) is 0 Å². The standard InChI is InChI=1S/C16H16F3N3O/c1-22-6-5-20-14(22)9-21-15(23)13-8-12(13)10-3-2-4-11(7-10)16(17,18)19/h2-7,12-13H,8-9H2,1H3,(H,21,23)/t12-,13-/m1/s1. The first-order valence-electron chi connectivity index (χ1n) is 7.27. The number of carbonyl (C=O) groups is 1. The monoisotopic (exact) mass is 323 g/mol. The number of nitrogens with one attached hydrogen (secondary N) is 1. The predicted molar refractivity (Wildman–Crippen MR) is 77.3 cm³/mol. The third-order valence-electron chi connectivity index (χ3n) is 4.11. The van der Waals surface area contributed by atoms with Crippen molar-refractivity contribution in [3.05, 3.63) is 53.6 Å². The van der Waals surface area contributed by atoms with Gasteiger partial charge in [-0.05, 0) is 24.0 Å². The van der Waals surface area contributed by atoms with Crippen LogP contribution in [0, 0.1) is 5.92 Å². The SMILES string of the molecule is Cn1ccnc1CNC(=O)[C@@H]1C[C@@H]1c1cccc(C(F)(F)F)c1. The van der Waals surface area contributed by atoms with Crippen molar-refractivity contribution < 1.29 is 18.0 Å². The van der Waals surface area contributed by atoms with Crippen LogP contribution in [0.1, 0.15) is 29.3 Å². The molecule has 1 aromatic heterocycles. The number of rotatable bonds is 4. The number of carbonyl (C=O) groups excluding carboxylic acids is 1. The van der Waals surface area contributed by atoms with E-state index in [1.165, 1.54) is 6.07 Å². The molecule has 0 saturated heterocycles. The number of benzene rings is 1. The minimum Gasteiger partial charge on any atom is -0.349 e. The van der Waals surface area contributed by atoms with Crippen molar-refractivity contribution >= 4 is 5.91 Å². The van der Waals surface area contributed by atoms with Crippen LogP contribution >= 0.6 is 0 Å². The van der Waals surface area contributed by atoms with E-state index < -0.39 is 11.7 Å². The maximum Gasteiger partial charge on any atom is 0.416 e. The fraction of sp³-hybridized carbons (Fsp3) is 0.375. The summed E-state index contributed by atoms with van der Waals surface area (Å²) in [5.74, 6) is 0.183. The van der Waals surface area contributed by atoms with Gasteiger partial charge in [-0.15, -0.1) is 0 Å². The molecule has 3 rings (SSSR count). The summed E-state index contributed by atoms with van der Waals surface area (Å²) < 4.78 is 40.0. The molecule has 0 unspecified atom stereocenters. The Hall–Kier alpha value is -2.31. The summed E-state index contributed by atoms with van der Waals surface area (Å²) in [4.78, 5) is 16.2. The van der Waals surface area contributed by atoms with E-state index in [2.05, 4.69) is 10.3 Å². The van der Waals surface area contributed by atoms with Gasteiger partial charge in [0.15, 0.2) is 0 Å². The normalized spacial score (nSPS) is 20.3. The van der Waals surface area contributed by atoms with E-state index in [-0.39, 0.29) is 17.7 Å². The molecule has 1 heterocycles. The van der Waals surface area contributed by atoms with Crippen molar-refractivity contribution in [2.24, 2.45) is 13.0 Å². The van der Waals surface area contributed by atoms with Gasteiger partial charge < -0.3 is 9.88 Å². The topological polar surface area (TPSA) is 46.9 Å². The fourth-order valence-corrected chi connectivity index (χ4v) is 2.66. The summed E-state index contributed by atoms with van der Waals surface area (Å²) in [6.07, 6.45) is -0.358. The van der Waals surface area contributed by atoms with Crippen molar-refractivity contribution in [3.63, 3.8) is 0 Å². The number of imidazole rings is 1. The molecule has 0 spiro atoms. The molecular formula is C16H16F3N3O. The average Bonchev–Trinajstić information content (AvgIpc) is 3.21. The van der Waals surface area contributed by atoms with Gasteiger partial charge in [0.05, 0.1) is 12.1 Å². The lowest BCUT2D eigenvalue weighted by atomic mass is 10.1. The smallest absolute Gasteiger partial charge is 0.349 e. The van der Waals surface area contributed by atoms with E-state index in [9.17, 15) is 18.0 Å². The van der Waals surface area contributed by atoms with E-state index in [0.29, 0.717) is 18.5 Å². The summed E-state index contributed by atoms with van der Waals surface area (Å²) in [6.45, 7) is 0.314. The third-order valence-corrected chi connectivity index (χ3v) is 4.11. The van der Waals surface area contributed by atoms with E-state index in [4.69, 9.17) is 0 Å². The Morgan fingerprint density at radius 2 is 2.22 bits per heavy atom. The molecule has 4 nitrogen and oxygen atoms in total. The maximum absolute atomic E-state index is 12.7. The number of aromatic nitrogens is 2. The van der Waals surface area contributed by atoms with Crippen molar-refractivity contribution in [1.29, 1.82) is 0 Å². The molecule has 23 heavy (non-hydrogen) atoms. The lowest BCUT2D eigenvalue weighted by Crippen LogP contribution is -2.26. The number of nitrogens with zero attached hydrogens (tertiary/aromatic N) is 2. The highest BCUT2D eigenvalue weighted by Crippen LogP contribution is 2.48. The van der Waals surface area contributed by atoms with Crippen molar-refractivity contribution in [2.45, 2.75) is 25.1 Å². The fourth-order valence-electron chi connectivity index (χ4n) is 2.66. The van der Waals surface area contributed by atoms with E-state index >= 15 is 0 Å². The van der Waals surface area contributed by atoms with Crippen LogP contribution in [0.25, 0.3) is 0 Å². The molecule has 0 bridgehead atoms. The molecule has 7 heteroatoms. The summed E-state index contributed by atoms with van der Waals surface area (Å²) in [7, 11) is 1.83. The molecule has 1 N–H and O–H groups in total. The quantitative estimate of drug-likeness (QED) is 0.940. The Labute approximate surface area is 131 Å². The van der Waals surface area contributed by atoms with Gasteiger partial charge in [0, 0.05) is 25.4 Å². The third kappa shape index (κ3) is 3.38. The zero-order valence-electron chi connectivity index (χ0n) is 12.5. The minimum absolute atomic E-state index is 0.140. The first-order chi connectivity index (χ1) is 10.9. The van der Waals surface area contributed by atoms with Crippen LogP contribution in [0.3, 0.4) is 0 Å². The van der Waals surface area contributed by atoms with Crippen LogP contribution < -0.4 is 5.32 Å². The Morgan fingerprint density at radius 3 is 2.87 bits per heavy atom. The van der Waals surface area contributed by atoms with Crippen LogP contribution in [0.2, 0.25) is 0 Å². The van der Waals surface area contributed by atoms with Crippen LogP contribution in [-0.2, 0) is 24.6 Å². The number of amides is 1. The first-order valence-corrected chi connectivity index (χ1v) is 7.27. The molecule has 1 saturated carbocycles. The summed E-state index contributed by atoms with van der Waals surface area (Å²) in [5.41, 5.74) is -0.106. The van der Waals surface area contributed by atoms with Gasteiger partial charge in [-0.2, -0.15) is 13.2 Å². The molecule has 2 aromatic rings. The number of alkyl halides is 3. The molecule has 122 valence electrons. The van der Waals surface area contributed by atoms with E-state index in [0.717, 1.165) is 18.0 Å². The molecule has 1 fully saturated rings. The van der Waals surface area contributed by atoms with Crippen molar-refractivity contribution in [3.8, 4) is 0 Å². The second-order valence-corrected chi connectivity index (χ2v) is 5.74. The molecular weight excluding hydrogens is 307 g/mol. The minimum atomic E-state index is -4.36. The maximum atomic E-state index is 12.7. The summed E-state index contributed by atoms with van der Waals surface area (Å²) >= 11 is 0. The van der Waals surface area contributed by atoms with E-state index in [1.54, 1.807) is 23.0 Å². The van der Waals surface area contributed by atoms with Gasteiger partial charge in [-0.3, -0.25) is 4.79 Å². The summed E-state index contributed by atoms with van der Waals surface area (Å²) in [5, 5.41) is 2.79. The number of aryl methyl sites for hydroxylation is 1. The summed E-state index contributed by atoms with van der Waals surface area (Å²) in [6, 6.07) is 5.21. The molecule has 1 aliphatic rings. The van der Waals surface area contributed by atoms with Crippen LogP contribution in [0.4, 0.5) is 13.2 Å². The number of halogens is 3. The highest BCUT2D eigenvalue weighted by molar-refractivity contribution is 5.82. The highest BCUT2D eigenvalue weighted by atomic mass is 19.4. The second kappa shape index (κ2) is 5.72. The highest BCUT2D eigenvalue weighted by Gasteiger charge is 2.44. The lowest BCUT2D eigenvalue weighted by molar-refractivity contribution is -0.137. The first kappa shape index (κ1) is 15.6. The van der Waals surface area contributed by atoms with Gasteiger partial charge in [0.1, 0.15) is 5.82 Å². The zero-order chi connectivity index (χ0) is 16.6. The van der Waals surface area contributed by atoms with Crippen LogP contribution in [-0.4, -0.2) is 15.5 Å². The predicted octanol–water partition coefficient (Wildman–Crippen LogP) is 2.86. The van der Waals surface area contributed by atoms with Crippen molar-refractivity contribution in [2.75, 3.05) is 0 Å². The number of hydrogen-bond acceptors (Lipinski definition) is 2. The van der Waals surface area contributed by atoms with Gasteiger partial charge >= 0.3 is 6.18 Å². The molecule has 1 aromatic carbocycles. The second-order valence-electron chi connectivity index (χ2n) is 5.74. The molecule has 0 aliphatic heterocycles. The molecule has 0 radical (unpaired) electrons.